The number of aliphatic hydroxyl groups is 2. The predicted molar refractivity (Wildman–Crippen MR) is 64.6 cm³/mol. The van der Waals surface area contributed by atoms with E-state index < -0.39 is 48.6 Å². The van der Waals surface area contributed by atoms with Gasteiger partial charge in [0.1, 0.15) is 18.8 Å². The molecule has 0 amide bonds. The third-order valence-electron chi connectivity index (χ3n) is 2.69. The van der Waals surface area contributed by atoms with Crippen molar-refractivity contribution < 1.29 is 43.5 Å². The lowest BCUT2D eigenvalue weighted by Gasteiger charge is -2.41. The molecule has 1 saturated heterocycles. The van der Waals surface area contributed by atoms with Gasteiger partial charge in [-0.15, -0.1) is 0 Å². The summed E-state index contributed by atoms with van der Waals surface area (Å²) in [4.78, 5) is 32.8. The summed E-state index contributed by atoms with van der Waals surface area (Å²) in [7, 11) is 0. The van der Waals surface area contributed by atoms with Crippen LogP contribution in [-0.4, -0.2) is 65.4 Å². The number of carbonyl (C=O) groups excluding carboxylic acids is 3. The largest absolute Gasteiger partial charge is 0.463 e. The molecular weight excluding hydrogens is 288 g/mol. The number of carbonyl (C=O) groups is 3. The van der Waals surface area contributed by atoms with Crippen LogP contribution < -0.4 is 0 Å². The topological polar surface area (TPSA) is 129 Å². The predicted octanol–water partition coefficient (Wildman–Crippen LogP) is -1.51. The van der Waals surface area contributed by atoms with E-state index >= 15 is 0 Å². The SMILES string of the molecule is CC(=O)OC[C@H]1O[C@H](O)[C@H](OC(C)=O)[C@@H](O)[C@@H]1OC(C)=O. The first-order valence-corrected chi connectivity index (χ1v) is 6.21. The molecule has 0 radical (unpaired) electrons. The van der Waals surface area contributed by atoms with Gasteiger partial charge < -0.3 is 29.2 Å². The van der Waals surface area contributed by atoms with Crippen molar-refractivity contribution in [1.82, 2.24) is 0 Å². The molecule has 0 saturated carbocycles. The van der Waals surface area contributed by atoms with E-state index in [1.54, 1.807) is 0 Å². The molecular formula is C12H18O9. The Hall–Kier alpha value is -1.71. The van der Waals surface area contributed by atoms with Gasteiger partial charge >= 0.3 is 17.9 Å². The van der Waals surface area contributed by atoms with Crippen LogP contribution >= 0.6 is 0 Å². The fourth-order valence-electron chi connectivity index (χ4n) is 1.90. The summed E-state index contributed by atoms with van der Waals surface area (Å²) in [5.74, 6) is -2.07. The molecule has 21 heavy (non-hydrogen) atoms. The Morgan fingerprint density at radius 2 is 1.48 bits per heavy atom. The van der Waals surface area contributed by atoms with Crippen molar-refractivity contribution >= 4 is 17.9 Å². The van der Waals surface area contributed by atoms with Crippen LogP contribution in [0.4, 0.5) is 0 Å². The molecule has 120 valence electrons. The van der Waals surface area contributed by atoms with Gasteiger partial charge in [-0.25, -0.2) is 0 Å². The van der Waals surface area contributed by atoms with E-state index in [0.717, 1.165) is 20.8 Å². The summed E-state index contributed by atoms with van der Waals surface area (Å²) in [6.45, 7) is 3.03. The average Bonchev–Trinajstić information content (AvgIpc) is 2.35. The van der Waals surface area contributed by atoms with Gasteiger partial charge in [0, 0.05) is 20.8 Å². The Balaban J connectivity index is 2.86. The zero-order chi connectivity index (χ0) is 16.2. The minimum absolute atomic E-state index is 0.339. The highest BCUT2D eigenvalue weighted by Crippen LogP contribution is 2.25. The van der Waals surface area contributed by atoms with Crippen LogP contribution in [0.1, 0.15) is 20.8 Å². The standard InChI is InChI=1S/C12H18O9/c1-5(13)18-4-8-10(19-6(2)14)9(16)11(12(17)21-8)20-7(3)15/h8-12,16-17H,4H2,1-3H3/t8-,9+,10-,11-,12+/m1/s1. The Kier molecular flexibility index (Phi) is 6.06. The number of hydrogen-bond acceptors (Lipinski definition) is 9. The monoisotopic (exact) mass is 306 g/mol. The summed E-state index contributed by atoms with van der Waals surface area (Å²) in [6.07, 6.45) is -6.93. The lowest BCUT2D eigenvalue weighted by molar-refractivity contribution is -0.293. The van der Waals surface area contributed by atoms with E-state index in [1.807, 2.05) is 0 Å². The molecule has 0 aromatic rings. The maximum atomic E-state index is 11.1. The normalized spacial score (nSPS) is 32.1. The Labute approximate surface area is 120 Å². The van der Waals surface area contributed by atoms with E-state index in [1.165, 1.54) is 0 Å². The lowest BCUT2D eigenvalue weighted by Crippen LogP contribution is -2.61. The molecule has 9 heteroatoms. The number of esters is 3. The van der Waals surface area contributed by atoms with Crippen molar-refractivity contribution in [3.05, 3.63) is 0 Å². The van der Waals surface area contributed by atoms with E-state index in [4.69, 9.17) is 18.9 Å². The van der Waals surface area contributed by atoms with Crippen molar-refractivity contribution in [1.29, 1.82) is 0 Å². The maximum Gasteiger partial charge on any atom is 0.303 e. The first-order valence-electron chi connectivity index (χ1n) is 6.21. The number of ether oxygens (including phenoxy) is 4. The van der Waals surface area contributed by atoms with Crippen LogP contribution in [0.15, 0.2) is 0 Å². The highest BCUT2D eigenvalue weighted by molar-refractivity contribution is 5.67. The molecule has 0 aromatic heterocycles. The molecule has 0 spiro atoms. The van der Waals surface area contributed by atoms with E-state index in [-0.39, 0.29) is 6.61 Å². The summed E-state index contributed by atoms with van der Waals surface area (Å²) in [5.41, 5.74) is 0. The average molecular weight is 306 g/mol. The van der Waals surface area contributed by atoms with E-state index in [0.29, 0.717) is 0 Å². The van der Waals surface area contributed by atoms with Crippen LogP contribution in [0.2, 0.25) is 0 Å². The van der Waals surface area contributed by atoms with Gasteiger partial charge in [0.2, 0.25) is 0 Å². The summed E-state index contributed by atoms with van der Waals surface area (Å²) >= 11 is 0. The smallest absolute Gasteiger partial charge is 0.303 e. The second-order valence-electron chi connectivity index (χ2n) is 4.51. The molecule has 1 aliphatic heterocycles. The fraction of sp³-hybridized carbons (Fsp3) is 0.750. The van der Waals surface area contributed by atoms with Gasteiger partial charge in [0.05, 0.1) is 0 Å². The van der Waals surface area contributed by atoms with Gasteiger partial charge in [0.15, 0.2) is 18.5 Å². The van der Waals surface area contributed by atoms with Crippen LogP contribution in [0.25, 0.3) is 0 Å². The fourth-order valence-corrected chi connectivity index (χ4v) is 1.90. The third kappa shape index (κ3) is 4.96. The second-order valence-corrected chi connectivity index (χ2v) is 4.51. The first kappa shape index (κ1) is 17.3. The molecule has 1 aliphatic rings. The molecule has 0 aliphatic carbocycles. The Morgan fingerprint density at radius 1 is 0.952 bits per heavy atom. The molecule has 0 bridgehead atoms. The van der Waals surface area contributed by atoms with Gasteiger partial charge in [0.25, 0.3) is 0 Å². The molecule has 0 unspecified atom stereocenters. The van der Waals surface area contributed by atoms with Crippen LogP contribution in [-0.2, 0) is 33.3 Å². The lowest BCUT2D eigenvalue weighted by atomic mass is 9.99. The van der Waals surface area contributed by atoms with Crippen molar-refractivity contribution in [2.45, 2.75) is 51.5 Å². The summed E-state index contributed by atoms with van der Waals surface area (Å²) in [6, 6.07) is 0. The summed E-state index contributed by atoms with van der Waals surface area (Å²) in [5, 5.41) is 19.8. The summed E-state index contributed by atoms with van der Waals surface area (Å²) < 4.78 is 19.5. The highest BCUT2D eigenvalue weighted by Gasteiger charge is 2.48. The van der Waals surface area contributed by atoms with Gasteiger partial charge in [-0.2, -0.15) is 0 Å². The van der Waals surface area contributed by atoms with Gasteiger partial charge in [-0.1, -0.05) is 0 Å². The molecule has 0 aromatic carbocycles. The highest BCUT2D eigenvalue weighted by atomic mass is 16.7. The zero-order valence-corrected chi connectivity index (χ0v) is 11.8. The van der Waals surface area contributed by atoms with Crippen molar-refractivity contribution in [2.24, 2.45) is 0 Å². The Bertz CT molecular complexity index is 406. The van der Waals surface area contributed by atoms with Crippen molar-refractivity contribution in [3.8, 4) is 0 Å². The quantitative estimate of drug-likeness (QED) is 0.470. The Morgan fingerprint density at radius 3 is 1.95 bits per heavy atom. The first-order chi connectivity index (χ1) is 9.72. The molecule has 1 heterocycles. The van der Waals surface area contributed by atoms with Crippen molar-refractivity contribution in [3.63, 3.8) is 0 Å². The number of hydrogen-bond donors (Lipinski definition) is 2. The zero-order valence-electron chi connectivity index (χ0n) is 11.8. The van der Waals surface area contributed by atoms with Gasteiger partial charge in [-0.3, -0.25) is 14.4 Å². The van der Waals surface area contributed by atoms with Crippen molar-refractivity contribution in [2.75, 3.05) is 6.61 Å². The molecule has 2 N–H and O–H groups in total. The van der Waals surface area contributed by atoms with Crippen LogP contribution in [0.5, 0.6) is 0 Å². The van der Waals surface area contributed by atoms with E-state index in [9.17, 15) is 24.6 Å². The molecule has 5 atom stereocenters. The molecule has 1 fully saturated rings. The minimum Gasteiger partial charge on any atom is -0.463 e. The maximum absolute atomic E-state index is 11.1. The van der Waals surface area contributed by atoms with Crippen LogP contribution in [0.3, 0.4) is 0 Å². The minimum atomic E-state index is -1.64. The number of aliphatic hydroxyl groups excluding tert-OH is 2. The second kappa shape index (κ2) is 7.34. The van der Waals surface area contributed by atoms with E-state index in [2.05, 4.69) is 0 Å². The number of rotatable bonds is 4. The molecule has 1 rings (SSSR count). The molecule has 9 nitrogen and oxygen atoms in total. The van der Waals surface area contributed by atoms with Crippen LogP contribution in [0, 0.1) is 0 Å². The van der Waals surface area contributed by atoms with Gasteiger partial charge in [-0.05, 0) is 0 Å². The third-order valence-corrected chi connectivity index (χ3v) is 2.69.